The Kier molecular flexibility index (Phi) is 2.51. The first-order chi connectivity index (χ1) is 6.37. The third-order valence-electron chi connectivity index (χ3n) is 2.24. The topological polar surface area (TPSA) is 64.2 Å². The van der Waals surface area contributed by atoms with E-state index < -0.39 is 11.2 Å². The second-order valence-corrected chi connectivity index (χ2v) is 3.60. The average molecular weight is 198 g/mol. The number of rotatable bonds is 1. The summed E-state index contributed by atoms with van der Waals surface area (Å²) in [5.41, 5.74) is -0.674. The monoisotopic (exact) mass is 198 g/mol. The molecule has 5 nitrogen and oxygen atoms in total. The van der Waals surface area contributed by atoms with Crippen LogP contribution in [0.15, 0.2) is 9.59 Å². The van der Waals surface area contributed by atoms with Crippen LogP contribution >= 0.6 is 0 Å². The third kappa shape index (κ3) is 1.34. The van der Waals surface area contributed by atoms with Crippen molar-refractivity contribution in [3.8, 4) is 5.88 Å². The third-order valence-corrected chi connectivity index (χ3v) is 2.24. The van der Waals surface area contributed by atoms with Crippen molar-refractivity contribution in [3.05, 3.63) is 26.4 Å². The Morgan fingerprint density at radius 3 is 2.07 bits per heavy atom. The Bertz CT molecular complexity index is 468. The highest BCUT2D eigenvalue weighted by Crippen LogP contribution is 2.18. The van der Waals surface area contributed by atoms with E-state index in [1.165, 1.54) is 14.1 Å². The van der Waals surface area contributed by atoms with Crippen molar-refractivity contribution in [1.29, 1.82) is 0 Å². The van der Waals surface area contributed by atoms with Crippen LogP contribution in [0.25, 0.3) is 0 Å². The molecule has 0 atom stereocenters. The quantitative estimate of drug-likeness (QED) is 0.686. The number of hydrogen-bond donors (Lipinski definition) is 1. The van der Waals surface area contributed by atoms with Crippen LogP contribution in [0.1, 0.15) is 25.3 Å². The van der Waals surface area contributed by atoms with Crippen molar-refractivity contribution < 1.29 is 5.11 Å². The molecule has 0 radical (unpaired) electrons. The predicted octanol–water partition coefficient (Wildman–Crippen LogP) is -0.0870. The van der Waals surface area contributed by atoms with Gasteiger partial charge in [-0.2, -0.15) is 0 Å². The van der Waals surface area contributed by atoms with Gasteiger partial charge in [-0.05, 0) is 5.92 Å². The fourth-order valence-corrected chi connectivity index (χ4v) is 1.36. The van der Waals surface area contributed by atoms with Gasteiger partial charge in [-0.3, -0.25) is 13.9 Å². The standard InChI is InChI=1S/C9H14N2O3/c1-5(2)6-7(12)10(3)9(14)11(4)8(6)13/h5,12H,1-4H3. The summed E-state index contributed by atoms with van der Waals surface area (Å²) in [6.45, 7) is 3.59. The van der Waals surface area contributed by atoms with Gasteiger partial charge in [0.05, 0.1) is 5.56 Å². The van der Waals surface area contributed by atoms with Gasteiger partial charge < -0.3 is 5.11 Å². The summed E-state index contributed by atoms with van der Waals surface area (Å²) in [7, 11) is 2.83. The molecular formula is C9H14N2O3. The summed E-state index contributed by atoms with van der Waals surface area (Å²) < 4.78 is 2.06. The van der Waals surface area contributed by atoms with Gasteiger partial charge in [-0.15, -0.1) is 0 Å². The Morgan fingerprint density at radius 1 is 1.14 bits per heavy atom. The van der Waals surface area contributed by atoms with Gasteiger partial charge in [0.25, 0.3) is 5.56 Å². The van der Waals surface area contributed by atoms with Crippen LogP contribution in [-0.2, 0) is 14.1 Å². The zero-order chi connectivity index (χ0) is 11.0. The summed E-state index contributed by atoms with van der Waals surface area (Å²) in [5.74, 6) is -0.353. The second kappa shape index (κ2) is 3.32. The molecule has 0 amide bonds. The van der Waals surface area contributed by atoms with Gasteiger partial charge >= 0.3 is 5.69 Å². The van der Waals surface area contributed by atoms with Gasteiger partial charge in [0.15, 0.2) is 0 Å². The summed E-state index contributed by atoms with van der Waals surface area (Å²) in [4.78, 5) is 22.9. The fraction of sp³-hybridized carbons (Fsp3) is 0.556. The van der Waals surface area contributed by atoms with Gasteiger partial charge in [-0.1, -0.05) is 13.8 Å². The molecule has 1 aromatic rings. The molecule has 1 rings (SSSR count). The molecule has 0 aromatic carbocycles. The minimum absolute atomic E-state index is 0.111. The lowest BCUT2D eigenvalue weighted by molar-refractivity contribution is 0.399. The van der Waals surface area contributed by atoms with Crippen molar-refractivity contribution in [2.75, 3.05) is 0 Å². The molecule has 0 saturated heterocycles. The second-order valence-electron chi connectivity index (χ2n) is 3.60. The highest BCUT2D eigenvalue weighted by molar-refractivity contribution is 5.25. The Balaban J connectivity index is 3.79. The molecule has 5 heteroatoms. The molecule has 0 aliphatic carbocycles. The van der Waals surface area contributed by atoms with E-state index in [2.05, 4.69) is 0 Å². The van der Waals surface area contributed by atoms with E-state index in [9.17, 15) is 14.7 Å². The molecule has 0 bridgehead atoms. The summed E-state index contributed by atoms with van der Waals surface area (Å²) in [6.07, 6.45) is 0. The van der Waals surface area contributed by atoms with Crippen molar-refractivity contribution >= 4 is 0 Å². The maximum Gasteiger partial charge on any atom is 0.333 e. The van der Waals surface area contributed by atoms with Crippen molar-refractivity contribution in [2.45, 2.75) is 19.8 Å². The van der Waals surface area contributed by atoms with Crippen LogP contribution in [0.4, 0.5) is 0 Å². The van der Waals surface area contributed by atoms with E-state index in [1.54, 1.807) is 13.8 Å². The van der Waals surface area contributed by atoms with Crippen LogP contribution < -0.4 is 11.2 Å². The SMILES string of the molecule is CC(C)c1c(O)n(C)c(=O)n(C)c1=O. The Morgan fingerprint density at radius 2 is 1.64 bits per heavy atom. The van der Waals surface area contributed by atoms with Gasteiger partial charge in [-0.25, -0.2) is 4.79 Å². The molecule has 14 heavy (non-hydrogen) atoms. The maximum atomic E-state index is 11.6. The molecule has 1 heterocycles. The van der Waals surface area contributed by atoms with Crippen LogP contribution in [0.3, 0.4) is 0 Å². The minimum atomic E-state index is -0.517. The smallest absolute Gasteiger partial charge is 0.333 e. The van der Waals surface area contributed by atoms with Crippen molar-refractivity contribution in [3.63, 3.8) is 0 Å². The number of hydrogen-bond acceptors (Lipinski definition) is 3. The molecule has 0 aliphatic heterocycles. The lowest BCUT2D eigenvalue weighted by atomic mass is 10.1. The summed E-state index contributed by atoms with van der Waals surface area (Å²) in [5, 5.41) is 9.60. The van der Waals surface area contributed by atoms with Crippen LogP contribution in [-0.4, -0.2) is 14.2 Å². The predicted molar refractivity (Wildman–Crippen MR) is 52.7 cm³/mol. The minimum Gasteiger partial charge on any atom is -0.494 e. The van der Waals surface area contributed by atoms with E-state index in [1.807, 2.05) is 0 Å². The zero-order valence-electron chi connectivity index (χ0n) is 8.74. The van der Waals surface area contributed by atoms with E-state index in [4.69, 9.17) is 0 Å². The van der Waals surface area contributed by atoms with E-state index >= 15 is 0 Å². The Hall–Kier alpha value is -1.52. The van der Waals surface area contributed by atoms with E-state index in [-0.39, 0.29) is 17.4 Å². The molecule has 1 N–H and O–H groups in total. The van der Waals surface area contributed by atoms with Gasteiger partial charge in [0, 0.05) is 14.1 Å². The first-order valence-corrected chi connectivity index (χ1v) is 4.36. The lowest BCUT2D eigenvalue weighted by Gasteiger charge is -2.12. The molecule has 0 saturated carbocycles. The fourth-order valence-electron chi connectivity index (χ4n) is 1.36. The molecule has 0 unspecified atom stereocenters. The van der Waals surface area contributed by atoms with Crippen LogP contribution in [0.5, 0.6) is 5.88 Å². The summed E-state index contributed by atoms with van der Waals surface area (Å²) in [6, 6.07) is 0. The first kappa shape index (κ1) is 10.6. The maximum absolute atomic E-state index is 11.6. The van der Waals surface area contributed by atoms with Gasteiger partial charge in [0.2, 0.25) is 5.88 Å². The van der Waals surface area contributed by atoms with Gasteiger partial charge in [0.1, 0.15) is 0 Å². The molecule has 1 aromatic heterocycles. The van der Waals surface area contributed by atoms with E-state index in [0.29, 0.717) is 0 Å². The average Bonchev–Trinajstić information content (AvgIpc) is 2.11. The Labute approximate surface area is 81.2 Å². The van der Waals surface area contributed by atoms with Crippen LogP contribution in [0.2, 0.25) is 0 Å². The van der Waals surface area contributed by atoms with Crippen LogP contribution in [0, 0.1) is 0 Å². The molecule has 0 spiro atoms. The largest absolute Gasteiger partial charge is 0.494 e. The number of aromatic nitrogens is 2. The summed E-state index contributed by atoms with van der Waals surface area (Å²) >= 11 is 0. The molecular weight excluding hydrogens is 184 g/mol. The molecule has 0 aliphatic rings. The zero-order valence-corrected chi connectivity index (χ0v) is 8.74. The molecule has 0 fully saturated rings. The van der Waals surface area contributed by atoms with Crippen molar-refractivity contribution in [1.82, 2.24) is 9.13 Å². The number of nitrogens with zero attached hydrogens (tertiary/aromatic N) is 2. The number of aromatic hydroxyl groups is 1. The highest BCUT2D eigenvalue weighted by Gasteiger charge is 2.16. The van der Waals surface area contributed by atoms with E-state index in [0.717, 1.165) is 9.13 Å². The molecule has 78 valence electrons. The normalized spacial score (nSPS) is 10.9. The first-order valence-electron chi connectivity index (χ1n) is 4.36. The highest BCUT2D eigenvalue weighted by atomic mass is 16.3. The van der Waals surface area contributed by atoms with Crippen molar-refractivity contribution in [2.24, 2.45) is 14.1 Å². The lowest BCUT2D eigenvalue weighted by Crippen LogP contribution is -2.39.